The minimum Gasteiger partial charge on any atom is -0.457 e. The lowest BCUT2D eigenvalue weighted by Gasteiger charge is -2.19. The minimum atomic E-state index is -0.384. The van der Waals surface area contributed by atoms with Crippen LogP contribution in [0.3, 0.4) is 0 Å². The van der Waals surface area contributed by atoms with Gasteiger partial charge < -0.3 is 15.0 Å². The maximum Gasteiger partial charge on any atom is 0.229 e. The Labute approximate surface area is 201 Å². The highest BCUT2D eigenvalue weighted by Gasteiger charge is 2.35. The number of aryl methyl sites for hydroxylation is 2. The van der Waals surface area contributed by atoms with Gasteiger partial charge >= 0.3 is 0 Å². The van der Waals surface area contributed by atoms with Gasteiger partial charge in [0.1, 0.15) is 11.5 Å². The van der Waals surface area contributed by atoms with Crippen LogP contribution in [0, 0.1) is 19.8 Å². The van der Waals surface area contributed by atoms with Crippen molar-refractivity contribution in [1.82, 2.24) is 0 Å². The van der Waals surface area contributed by atoms with Crippen molar-refractivity contribution in [3.8, 4) is 11.5 Å². The number of anilines is 2. The third-order valence-corrected chi connectivity index (χ3v) is 6.22. The van der Waals surface area contributed by atoms with Crippen molar-refractivity contribution in [2.24, 2.45) is 5.92 Å². The van der Waals surface area contributed by atoms with Crippen LogP contribution in [0.25, 0.3) is 0 Å². The average molecular weight is 457 g/mol. The Morgan fingerprint density at radius 2 is 1.56 bits per heavy atom. The summed E-state index contributed by atoms with van der Waals surface area (Å²) in [5.41, 5.74) is 5.09. The molecule has 1 fully saturated rings. The Morgan fingerprint density at radius 1 is 0.941 bits per heavy atom. The number of amides is 2. The lowest BCUT2D eigenvalue weighted by molar-refractivity contribution is -0.122. The van der Waals surface area contributed by atoms with Crippen LogP contribution in [0.2, 0.25) is 0 Å². The topological polar surface area (TPSA) is 58.6 Å². The van der Waals surface area contributed by atoms with Crippen LogP contribution < -0.4 is 15.0 Å². The zero-order valence-corrected chi connectivity index (χ0v) is 20.5. The Kier molecular flexibility index (Phi) is 6.47. The summed E-state index contributed by atoms with van der Waals surface area (Å²) < 4.78 is 5.94. The predicted octanol–water partition coefficient (Wildman–Crippen LogP) is 6.38. The van der Waals surface area contributed by atoms with Gasteiger partial charge in [0.2, 0.25) is 11.8 Å². The summed E-state index contributed by atoms with van der Waals surface area (Å²) in [5.74, 6) is 0.908. The molecular weight excluding hydrogens is 424 g/mol. The molecule has 1 heterocycles. The molecule has 3 aromatic carbocycles. The molecule has 34 heavy (non-hydrogen) atoms. The summed E-state index contributed by atoms with van der Waals surface area (Å²) in [7, 11) is 0. The number of benzene rings is 3. The number of nitrogens with zero attached hydrogens (tertiary/aromatic N) is 1. The van der Waals surface area contributed by atoms with Crippen LogP contribution >= 0.6 is 0 Å². The molecule has 1 aliphatic rings. The molecule has 0 bridgehead atoms. The predicted molar refractivity (Wildman–Crippen MR) is 137 cm³/mol. The van der Waals surface area contributed by atoms with E-state index in [1.54, 1.807) is 4.90 Å². The first-order valence-corrected chi connectivity index (χ1v) is 11.7. The third-order valence-electron chi connectivity index (χ3n) is 6.22. The zero-order chi connectivity index (χ0) is 24.5. The van der Waals surface area contributed by atoms with Crippen LogP contribution in [0.4, 0.5) is 11.4 Å². The second-order valence-electron chi connectivity index (χ2n) is 10.1. The average Bonchev–Trinajstić information content (AvgIpc) is 3.16. The number of carbonyl (C=O) groups excluding carboxylic acids is 2. The molecule has 0 radical (unpaired) electrons. The molecule has 1 N–H and O–H groups in total. The van der Waals surface area contributed by atoms with E-state index in [-0.39, 0.29) is 29.6 Å². The van der Waals surface area contributed by atoms with Gasteiger partial charge in [0.25, 0.3) is 0 Å². The monoisotopic (exact) mass is 456 g/mol. The van der Waals surface area contributed by atoms with Crippen LogP contribution in [0.5, 0.6) is 11.5 Å². The minimum absolute atomic E-state index is 0.0201. The third kappa shape index (κ3) is 5.30. The van der Waals surface area contributed by atoms with E-state index in [0.29, 0.717) is 18.0 Å². The Balaban J connectivity index is 1.36. The van der Waals surface area contributed by atoms with E-state index in [9.17, 15) is 9.59 Å². The van der Waals surface area contributed by atoms with Gasteiger partial charge in [-0.25, -0.2) is 0 Å². The van der Waals surface area contributed by atoms with E-state index < -0.39 is 0 Å². The van der Waals surface area contributed by atoms with Crippen molar-refractivity contribution in [2.75, 3.05) is 16.8 Å². The van der Waals surface area contributed by atoms with Crippen LogP contribution in [0.15, 0.2) is 66.7 Å². The molecule has 0 saturated carbocycles. The molecule has 3 aromatic rings. The number of ether oxygens (including phenoxy) is 1. The van der Waals surface area contributed by atoms with Gasteiger partial charge in [-0.1, -0.05) is 50.6 Å². The summed E-state index contributed by atoms with van der Waals surface area (Å²) in [6.45, 7) is 10.9. The van der Waals surface area contributed by atoms with Crippen molar-refractivity contribution in [2.45, 2.75) is 46.5 Å². The standard InChI is InChI=1S/C29H32N2O3/c1-19-6-15-26(20(2)16-19)31-18-21(17-27(31)32)28(33)30-23-9-13-25(14-10-23)34-24-11-7-22(8-12-24)29(3,4)5/h6-16,21H,17-18H2,1-5H3,(H,30,33)/t21-/m0/s1. The first kappa shape index (κ1) is 23.6. The van der Waals surface area contributed by atoms with Gasteiger partial charge in [-0.3, -0.25) is 9.59 Å². The molecule has 5 nitrogen and oxygen atoms in total. The first-order valence-electron chi connectivity index (χ1n) is 11.7. The first-order chi connectivity index (χ1) is 16.1. The van der Waals surface area contributed by atoms with Gasteiger partial charge in [0, 0.05) is 24.3 Å². The molecule has 176 valence electrons. The van der Waals surface area contributed by atoms with Crippen molar-refractivity contribution in [3.05, 3.63) is 83.4 Å². The van der Waals surface area contributed by atoms with E-state index in [1.807, 2.05) is 62.4 Å². The van der Waals surface area contributed by atoms with Gasteiger partial charge in [-0.15, -0.1) is 0 Å². The summed E-state index contributed by atoms with van der Waals surface area (Å²) in [6.07, 6.45) is 0.213. The van der Waals surface area contributed by atoms with Crippen molar-refractivity contribution >= 4 is 23.2 Å². The lowest BCUT2D eigenvalue weighted by Crippen LogP contribution is -2.28. The number of carbonyl (C=O) groups is 2. The summed E-state index contributed by atoms with van der Waals surface area (Å²) in [5, 5.41) is 2.94. The molecule has 0 aliphatic carbocycles. The molecule has 5 heteroatoms. The second-order valence-corrected chi connectivity index (χ2v) is 10.1. The second kappa shape index (κ2) is 9.34. The lowest BCUT2D eigenvalue weighted by atomic mass is 9.87. The fraction of sp³-hybridized carbons (Fsp3) is 0.310. The van der Waals surface area contributed by atoms with Gasteiger partial charge in [-0.2, -0.15) is 0 Å². The van der Waals surface area contributed by atoms with Gasteiger partial charge in [0.15, 0.2) is 0 Å². The molecule has 0 aromatic heterocycles. The Morgan fingerprint density at radius 3 is 2.15 bits per heavy atom. The van der Waals surface area contributed by atoms with E-state index in [0.717, 1.165) is 22.6 Å². The summed E-state index contributed by atoms with van der Waals surface area (Å²) in [6, 6.07) is 21.4. The van der Waals surface area contributed by atoms with Crippen LogP contribution in [0.1, 0.15) is 43.9 Å². The van der Waals surface area contributed by atoms with Crippen LogP contribution in [-0.2, 0) is 15.0 Å². The Hall–Kier alpha value is -3.60. The fourth-order valence-corrected chi connectivity index (χ4v) is 4.23. The largest absolute Gasteiger partial charge is 0.457 e. The highest BCUT2D eigenvalue weighted by Crippen LogP contribution is 2.30. The molecule has 1 saturated heterocycles. The number of nitrogens with one attached hydrogen (secondary N) is 1. The van der Waals surface area contributed by atoms with Crippen molar-refractivity contribution < 1.29 is 14.3 Å². The number of hydrogen-bond donors (Lipinski definition) is 1. The van der Waals surface area contributed by atoms with E-state index in [4.69, 9.17) is 4.74 Å². The maximum atomic E-state index is 12.8. The van der Waals surface area contributed by atoms with Gasteiger partial charge in [0.05, 0.1) is 5.92 Å². The van der Waals surface area contributed by atoms with Crippen molar-refractivity contribution in [1.29, 1.82) is 0 Å². The molecule has 2 amide bonds. The smallest absolute Gasteiger partial charge is 0.229 e. The SMILES string of the molecule is Cc1ccc(N2C[C@@H](C(=O)Nc3ccc(Oc4ccc(C(C)(C)C)cc4)cc3)CC2=O)c(C)c1. The van der Waals surface area contributed by atoms with Crippen LogP contribution in [-0.4, -0.2) is 18.4 Å². The molecule has 4 rings (SSSR count). The highest BCUT2D eigenvalue weighted by molar-refractivity contribution is 6.03. The zero-order valence-electron chi connectivity index (χ0n) is 20.5. The van der Waals surface area contributed by atoms with E-state index in [2.05, 4.69) is 44.3 Å². The summed E-state index contributed by atoms with van der Waals surface area (Å²) >= 11 is 0. The molecular formula is C29H32N2O3. The maximum absolute atomic E-state index is 12.8. The Bertz CT molecular complexity index is 1190. The summed E-state index contributed by atoms with van der Waals surface area (Å²) in [4.78, 5) is 27.2. The normalized spacial score (nSPS) is 16.0. The molecule has 0 unspecified atom stereocenters. The van der Waals surface area contributed by atoms with Gasteiger partial charge in [-0.05, 0) is 72.9 Å². The molecule has 1 aliphatic heterocycles. The fourth-order valence-electron chi connectivity index (χ4n) is 4.23. The molecule has 0 spiro atoms. The quantitative estimate of drug-likeness (QED) is 0.484. The number of rotatable bonds is 5. The van der Waals surface area contributed by atoms with Crippen molar-refractivity contribution in [3.63, 3.8) is 0 Å². The number of hydrogen-bond acceptors (Lipinski definition) is 3. The highest BCUT2D eigenvalue weighted by atomic mass is 16.5. The molecule has 1 atom stereocenters. The van der Waals surface area contributed by atoms with E-state index in [1.165, 1.54) is 5.56 Å². The van der Waals surface area contributed by atoms with E-state index >= 15 is 0 Å².